The van der Waals surface area contributed by atoms with Gasteiger partial charge in [-0.15, -0.1) is 0 Å². The molecule has 0 radical (unpaired) electrons. The third kappa shape index (κ3) is 3.80. The van der Waals surface area contributed by atoms with Crippen molar-refractivity contribution in [1.29, 1.82) is 5.26 Å². The van der Waals surface area contributed by atoms with Gasteiger partial charge in [0.25, 0.3) is 0 Å². The Kier molecular flexibility index (Phi) is 3.78. The lowest BCUT2D eigenvalue weighted by Gasteiger charge is -2.26. The van der Waals surface area contributed by atoms with E-state index in [0.717, 1.165) is 17.0 Å². The molecule has 0 bridgehead atoms. The van der Waals surface area contributed by atoms with E-state index >= 15 is 0 Å². The summed E-state index contributed by atoms with van der Waals surface area (Å²) in [6.07, 6.45) is -8.27. The third-order valence-electron chi connectivity index (χ3n) is 3.10. The molecule has 0 spiro atoms. The first-order valence-electron chi connectivity index (χ1n) is 6.06. The molecule has 1 saturated carbocycles. The fourth-order valence-electron chi connectivity index (χ4n) is 2.05. The minimum atomic E-state index is -4.78. The maximum absolute atomic E-state index is 12.8. The van der Waals surface area contributed by atoms with E-state index in [1.54, 1.807) is 0 Å². The molecule has 1 aliphatic carbocycles. The van der Waals surface area contributed by atoms with Crippen LogP contribution in [0, 0.1) is 11.3 Å². The molecule has 1 aromatic carbocycles. The summed E-state index contributed by atoms with van der Waals surface area (Å²) < 4.78 is 76.2. The second-order valence-corrected chi connectivity index (χ2v) is 4.81. The minimum absolute atomic E-state index is 0.166. The van der Waals surface area contributed by atoms with Crippen molar-refractivity contribution < 1.29 is 26.3 Å². The van der Waals surface area contributed by atoms with Crippen LogP contribution in [0.25, 0.3) is 0 Å². The molecule has 1 aromatic rings. The van der Waals surface area contributed by atoms with Crippen LogP contribution in [0.3, 0.4) is 0 Å². The maximum atomic E-state index is 12.8. The van der Waals surface area contributed by atoms with Crippen LogP contribution in [0.5, 0.6) is 0 Å². The van der Waals surface area contributed by atoms with E-state index < -0.39 is 36.1 Å². The standard InChI is InChI=1S/C13H10F6N2/c14-12(15,16)7-21(9-3-4-9)10-2-1-8(6-20)11(5-10)13(17,18)19/h1-2,5,9H,3-4,7H2. The lowest BCUT2D eigenvalue weighted by Crippen LogP contribution is -2.36. The predicted octanol–water partition coefficient (Wildman–Crippen LogP) is 4.11. The van der Waals surface area contributed by atoms with Gasteiger partial charge < -0.3 is 4.90 Å². The van der Waals surface area contributed by atoms with Crippen molar-refractivity contribution in [3.63, 3.8) is 0 Å². The summed E-state index contributed by atoms with van der Waals surface area (Å²) in [4.78, 5) is 0.913. The zero-order valence-electron chi connectivity index (χ0n) is 10.6. The van der Waals surface area contributed by atoms with Crippen molar-refractivity contribution in [1.82, 2.24) is 0 Å². The number of hydrogen-bond donors (Lipinski definition) is 0. The van der Waals surface area contributed by atoms with Crippen LogP contribution in [0.2, 0.25) is 0 Å². The van der Waals surface area contributed by atoms with Crippen LogP contribution >= 0.6 is 0 Å². The van der Waals surface area contributed by atoms with Crippen LogP contribution in [-0.4, -0.2) is 18.8 Å². The van der Waals surface area contributed by atoms with Gasteiger partial charge in [0.05, 0.1) is 17.2 Å². The first kappa shape index (κ1) is 15.5. The van der Waals surface area contributed by atoms with Crippen LogP contribution in [0.4, 0.5) is 32.0 Å². The Morgan fingerprint density at radius 3 is 2.19 bits per heavy atom. The van der Waals surface area contributed by atoms with E-state index in [4.69, 9.17) is 5.26 Å². The first-order valence-corrected chi connectivity index (χ1v) is 6.06. The van der Waals surface area contributed by atoms with Crippen LogP contribution in [-0.2, 0) is 6.18 Å². The van der Waals surface area contributed by atoms with Gasteiger partial charge in [-0.05, 0) is 31.0 Å². The fourth-order valence-corrected chi connectivity index (χ4v) is 2.05. The Morgan fingerprint density at radius 2 is 1.76 bits per heavy atom. The molecule has 0 heterocycles. The quantitative estimate of drug-likeness (QED) is 0.786. The zero-order chi connectivity index (χ0) is 15.8. The van der Waals surface area contributed by atoms with Crippen molar-refractivity contribution in [2.45, 2.75) is 31.2 Å². The average Bonchev–Trinajstić information content (AvgIpc) is 3.17. The van der Waals surface area contributed by atoms with Gasteiger partial charge in [-0.25, -0.2) is 0 Å². The van der Waals surface area contributed by atoms with Gasteiger partial charge in [-0.2, -0.15) is 31.6 Å². The average molecular weight is 308 g/mol. The Bertz CT molecular complexity index is 565. The lowest BCUT2D eigenvalue weighted by molar-refractivity contribution is -0.137. The van der Waals surface area contributed by atoms with Crippen molar-refractivity contribution in [2.24, 2.45) is 0 Å². The highest BCUT2D eigenvalue weighted by molar-refractivity contribution is 5.56. The molecule has 0 saturated heterocycles. The van der Waals surface area contributed by atoms with Gasteiger partial charge in [0.2, 0.25) is 0 Å². The van der Waals surface area contributed by atoms with Gasteiger partial charge in [-0.1, -0.05) is 0 Å². The summed E-state index contributed by atoms with van der Waals surface area (Å²) in [5.41, 5.74) is -1.98. The largest absolute Gasteiger partial charge is 0.417 e. The normalized spacial score (nSPS) is 15.7. The Morgan fingerprint density at radius 1 is 1.14 bits per heavy atom. The first-order chi connectivity index (χ1) is 9.62. The van der Waals surface area contributed by atoms with Crippen LogP contribution in [0.1, 0.15) is 24.0 Å². The Hall–Kier alpha value is -1.91. The number of nitriles is 1. The van der Waals surface area contributed by atoms with E-state index in [-0.39, 0.29) is 5.69 Å². The summed E-state index contributed by atoms with van der Waals surface area (Å²) in [5, 5.41) is 8.68. The summed E-state index contributed by atoms with van der Waals surface area (Å²) in [7, 11) is 0. The van der Waals surface area contributed by atoms with Crippen molar-refractivity contribution >= 4 is 5.69 Å². The van der Waals surface area contributed by atoms with Crippen molar-refractivity contribution in [3.8, 4) is 6.07 Å². The van der Waals surface area contributed by atoms with Gasteiger partial charge >= 0.3 is 12.4 Å². The number of alkyl halides is 6. The van der Waals surface area contributed by atoms with E-state index in [2.05, 4.69) is 0 Å². The fraction of sp³-hybridized carbons (Fsp3) is 0.462. The van der Waals surface area contributed by atoms with E-state index in [9.17, 15) is 26.3 Å². The Labute approximate surface area is 116 Å². The molecular weight excluding hydrogens is 298 g/mol. The van der Waals surface area contributed by atoms with Crippen molar-refractivity contribution in [3.05, 3.63) is 29.3 Å². The molecular formula is C13H10F6N2. The topological polar surface area (TPSA) is 27.0 Å². The van der Waals surface area contributed by atoms with E-state index in [0.29, 0.717) is 18.9 Å². The third-order valence-corrected chi connectivity index (χ3v) is 3.10. The second-order valence-electron chi connectivity index (χ2n) is 4.81. The molecule has 8 heteroatoms. The molecule has 0 N–H and O–H groups in total. The summed E-state index contributed by atoms with van der Waals surface area (Å²) >= 11 is 0. The van der Waals surface area contributed by atoms with Crippen LogP contribution < -0.4 is 4.90 Å². The smallest absolute Gasteiger partial charge is 0.360 e. The van der Waals surface area contributed by atoms with Gasteiger partial charge in [0, 0.05) is 11.7 Å². The molecule has 1 fully saturated rings. The molecule has 114 valence electrons. The van der Waals surface area contributed by atoms with Crippen molar-refractivity contribution in [2.75, 3.05) is 11.4 Å². The molecule has 0 aromatic heterocycles. The minimum Gasteiger partial charge on any atom is -0.360 e. The van der Waals surface area contributed by atoms with E-state index in [1.165, 1.54) is 6.07 Å². The summed E-state index contributed by atoms with van der Waals surface area (Å²) in [6.45, 7) is -1.30. The number of benzene rings is 1. The van der Waals surface area contributed by atoms with Gasteiger partial charge in [0.15, 0.2) is 0 Å². The number of nitrogens with zero attached hydrogens (tertiary/aromatic N) is 2. The monoisotopic (exact) mass is 308 g/mol. The molecule has 0 atom stereocenters. The van der Waals surface area contributed by atoms with E-state index in [1.807, 2.05) is 0 Å². The summed E-state index contributed by atoms with van der Waals surface area (Å²) in [5.74, 6) is 0. The number of hydrogen-bond acceptors (Lipinski definition) is 2. The number of halogens is 6. The van der Waals surface area contributed by atoms with Crippen LogP contribution in [0.15, 0.2) is 18.2 Å². The predicted molar refractivity (Wildman–Crippen MR) is 62.6 cm³/mol. The summed E-state index contributed by atoms with van der Waals surface area (Å²) in [6, 6.07) is 3.64. The molecule has 0 unspecified atom stereocenters. The number of anilines is 1. The van der Waals surface area contributed by atoms with Gasteiger partial charge in [0.1, 0.15) is 6.54 Å². The molecule has 1 aliphatic rings. The number of rotatable bonds is 3. The molecule has 2 rings (SSSR count). The zero-order valence-corrected chi connectivity index (χ0v) is 10.6. The molecule has 0 aliphatic heterocycles. The highest BCUT2D eigenvalue weighted by Gasteiger charge is 2.40. The lowest BCUT2D eigenvalue weighted by atomic mass is 10.1. The Balaban J connectivity index is 2.40. The molecule has 0 amide bonds. The molecule has 2 nitrogen and oxygen atoms in total. The highest BCUT2D eigenvalue weighted by atomic mass is 19.4. The SMILES string of the molecule is N#Cc1ccc(N(CC(F)(F)F)C2CC2)cc1C(F)(F)F. The van der Waals surface area contributed by atoms with Gasteiger partial charge in [-0.3, -0.25) is 0 Å². The second kappa shape index (κ2) is 5.13. The maximum Gasteiger partial charge on any atom is 0.417 e. The molecule has 21 heavy (non-hydrogen) atoms. The highest BCUT2D eigenvalue weighted by Crippen LogP contribution is 2.38.